The van der Waals surface area contributed by atoms with Crippen molar-refractivity contribution in [3.05, 3.63) is 64.4 Å². The number of H-pyrrole nitrogens is 1. The molecule has 0 bridgehead atoms. The maximum absolute atomic E-state index is 13.3. The van der Waals surface area contributed by atoms with Crippen molar-refractivity contribution in [2.45, 2.75) is 12.6 Å². The lowest BCUT2D eigenvalue weighted by Gasteiger charge is -2.33. The summed E-state index contributed by atoms with van der Waals surface area (Å²) in [6.07, 6.45) is -3.73. The van der Waals surface area contributed by atoms with Crippen LogP contribution in [0.3, 0.4) is 0 Å². The molecule has 3 aromatic rings. The van der Waals surface area contributed by atoms with E-state index < -0.39 is 17.3 Å². The zero-order chi connectivity index (χ0) is 20.8. The van der Waals surface area contributed by atoms with Crippen LogP contribution in [0.2, 0.25) is 0 Å². The second-order valence-electron chi connectivity index (χ2n) is 7.04. The summed E-state index contributed by atoms with van der Waals surface area (Å²) in [5, 5.41) is 0.819. The number of fused-ring (bicyclic) bond motifs is 1. The summed E-state index contributed by atoms with van der Waals surface area (Å²) in [4.78, 5) is 30.8. The fourth-order valence-corrected chi connectivity index (χ4v) is 3.63. The van der Waals surface area contributed by atoms with Crippen LogP contribution in [0.5, 0.6) is 0 Å². The number of carbonyl (C=O) groups is 1. The van der Waals surface area contributed by atoms with Crippen LogP contribution in [0, 0.1) is 0 Å². The number of anilines is 1. The van der Waals surface area contributed by atoms with E-state index in [1.54, 1.807) is 35.0 Å². The van der Waals surface area contributed by atoms with Crippen molar-refractivity contribution < 1.29 is 18.0 Å². The van der Waals surface area contributed by atoms with Gasteiger partial charge in [0.15, 0.2) is 0 Å². The molecule has 2 heterocycles. The number of urea groups is 1. The van der Waals surface area contributed by atoms with E-state index >= 15 is 0 Å². The number of aromatic amines is 1. The van der Waals surface area contributed by atoms with E-state index in [0.717, 1.165) is 12.5 Å². The third kappa shape index (κ3) is 3.46. The second-order valence-corrected chi connectivity index (χ2v) is 7.04. The van der Waals surface area contributed by atoms with Gasteiger partial charge in [0.2, 0.25) is 0 Å². The number of alkyl halides is 3. The van der Waals surface area contributed by atoms with Gasteiger partial charge in [0.05, 0.1) is 5.56 Å². The zero-order valence-corrected chi connectivity index (χ0v) is 15.6. The van der Waals surface area contributed by atoms with Crippen molar-refractivity contribution >= 4 is 22.5 Å². The molecule has 150 valence electrons. The van der Waals surface area contributed by atoms with Gasteiger partial charge in [0.1, 0.15) is 0 Å². The summed E-state index contributed by atoms with van der Waals surface area (Å²) in [6.45, 7) is 1.22. The van der Waals surface area contributed by atoms with Gasteiger partial charge in [-0.3, -0.25) is 9.69 Å². The molecule has 0 saturated carbocycles. The van der Waals surface area contributed by atoms with Crippen LogP contribution < -0.4 is 10.5 Å². The Kier molecular flexibility index (Phi) is 4.56. The molecule has 2 aromatic carbocycles. The topological polar surface area (TPSA) is 56.4 Å². The predicted molar refractivity (Wildman–Crippen MR) is 105 cm³/mol. The molecule has 0 unspecified atom stereocenters. The Hall–Kier alpha value is -3.29. The lowest BCUT2D eigenvalue weighted by Crippen LogP contribution is -2.47. The van der Waals surface area contributed by atoms with Crippen LogP contribution in [0.1, 0.15) is 12.0 Å². The highest BCUT2D eigenvalue weighted by molar-refractivity contribution is 5.96. The number of hydrogen-bond donors (Lipinski definition) is 1. The molecule has 0 atom stereocenters. The number of amides is 2. The van der Waals surface area contributed by atoms with Gasteiger partial charge in [-0.05, 0) is 36.1 Å². The van der Waals surface area contributed by atoms with Gasteiger partial charge in [-0.25, -0.2) is 4.79 Å². The molecule has 4 rings (SSSR count). The number of carbonyl (C=O) groups excluding carboxylic acids is 1. The summed E-state index contributed by atoms with van der Waals surface area (Å²) in [6, 6.07) is 11.5. The van der Waals surface area contributed by atoms with E-state index in [-0.39, 0.29) is 17.3 Å². The second kappa shape index (κ2) is 6.95. The van der Waals surface area contributed by atoms with E-state index in [1.807, 2.05) is 0 Å². The van der Waals surface area contributed by atoms with E-state index in [2.05, 4.69) is 4.98 Å². The first kappa shape index (κ1) is 19.0. The Labute approximate surface area is 164 Å². The van der Waals surface area contributed by atoms with Crippen LogP contribution in [0.15, 0.2) is 53.3 Å². The summed E-state index contributed by atoms with van der Waals surface area (Å²) in [7, 11) is 1.71. The molecule has 2 amide bonds. The molecule has 1 fully saturated rings. The van der Waals surface area contributed by atoms with Crippen molar-refractivity contribution in [2.24, 2.45) is 0 Å². The Morgan fingerprint density at radius 2 is 1.76 bits per heavy atom. The Bertz CT molecular complexity index is 1150. The minimum absolute atomic E-state index is 0.0871. The molecule has 1 aliphatic heterocycles. The Morgan fingerprint density at radius 1 is 1.00 bits per heavy atom. The third-order valence-electron chi connectivity index (χ3n) is 5.10. The minimum atomic E-state index is -4.53. The smallest absolute Gasteiger partial charge is 0.327 e. The third-order valence-corrected chi connectivity index (χ3v) is 5.10. The van der Waals surface area contributed by atoms with Crippen molar-refractivity contribution in [1.82, 2.24) is 9.88 Å². The number of pyridine rings is 1. The van der Waals surface area contributed by atoms with Gasteiger partial charge in [-0.2, -0.15) is 13.2 Å². The van der Waals surface area contributed by atoms with E-state index in [9.17, 15) is 22.8 Å². The normalized spacial score (nSPS) is 15.2. The molecule has 1 aromatic heterocycles. The number of nitrogens with one attached hydrogen (secondary N) is 1. The summed E-state index contributed by atoms with van der Waals surface area (Å²) in [5.41, 5.74) is -0.724. The molecule has 5 nitrogen and oxygen atoms in total. The molecule has 8 heteroatoms. The van der Waals surface area contributed by atoms with Gasteiger partial charge < -0.3 is 9.88 Å². The molecule has 0 spiro atoms. The Morgan fingerprint density at radius 3 is 2.52 bits per heavy atom. The highest BCUT2D eigenvalue weighted by atomic mass is 19.4. The first-order valence-electron chi connectivity index (χ1n) is 9.12. The molecule has 0 aliphatic carbocycles. The van der Waals surface area contributed by atoms with Gasteiger partial charge in [-0.15, -0.1) is 0 Å². The molecule has 1 saturated heterocycles. The van der Waals surface area contributed by atoms with Gasteiger partial charge in [0.25, 0.3) is 5.56 Å². The van der Waals surface area contributed by atoms with Crippen molar-refractivity contribution in [3.63, 3.8) is 0 Å². The zero-order valence-electron chi connectivity index (χ0n) is 15.6. The number of benzene rings is 2. The number of nitrogens with zero attached hydrogens (tertiary/aromatic N) is 2. The highest BCUT2D eigenvalue weighted by Crippen LogP contribution is 2.36. The average Bonchev–Trinajstić information content (AvgIpc) is 2.69. The fourth-order valence-electron chi connectivity index (χ4n) is 3.63. The summed E-state index contributed by atoms with van der Waals surface area (Å²) >= 11 is 0. The van der Waals surface area contributed by atoms with Gasteiger partial charge in [-0.1, -0.05) is 24.3 Å². The average molecular weight is 401 g/mol. The maximum atomic E-state index is 13.3. The van der Waals surface area contributed by atoms with E-state index in [1.165, 1.54) is 24.3 Å². The van der Waals surface area contributed by atoms with Crippen molar-refractivity contribution in [3.8, 4) is 11.3 Å². The van der Waals surface area contributed by atoms with Crippen LogP contribution in [-0.2, 0) is 6.18 Å². The summed E-state index contributed by atoms with van der Waals surface area (Å²) < 4.78 is 40.0. The standard InChI is InChI=1S/C21H18F3N3O2/c1-26-9-4-10-27(20(26)29)14-8-7-13-11-18(25-19(28)16(13)12-14)15-5-2-3-6-17(15)21(22,23)24/h2-3,5-8,11-12H,4,9-10H2,1H3,(H,25,28). The van der Waals surface area contributed by atoms with E-state index in [0.29, 0.717) is 29.5 Å². The molecular formula is C21H18F3N3O2. The lowest BCUT2D eigenvalue weighted by atomic mass is 10.0. The van der Waals surface area contributed by atoms with Crippen LogP contribution >= 0.6 is 0 Å². The quantitative estimate of drug-likeness (QED) is 0.689. The summed E-state index contributed by atoms with van der Waals surface area (Å²) in [5.74, 6) is 0. The number of halogens is 3. The largest absolute Gasteiger partial charge is 0.417 e. The molecule has 0 radical (unpaired) electrons. The predicted octanol–water partition coefficient (Wildman–Crippen LogP) is 4.48. The SMILES string of the molecule is CN1CCCN(c2ccc3cc(-c4ccccc4C(F)(F)F)[nH]c(=O)c3c2)C1=O. The minimum Gasteiger partial charge on any atom is -0.327 e. The monoisotopic (exact) mass is 401 g/mol. The fraction of sp³-hybridized carbons (Fsp3) is 0.238. The van der Waals surface area contributed by atoms with Gasteiger partial charge >= 0.3 is 12.2 Å². The van der Waals surface area contributed by atoms with Crippen LogP contribution in [-0.4, -0.2) is 36.1 Å². The number of hydrogen-bond acceptors (Lipinski definition) is 2. The van der Waals surface area contributed by atoms with E-state index in [4.69, 9.17) is 0 Å². The molecule has 1 aliphatic rings. The first-order chi connectivity index (χ1) is 13.8. The Balaban J connectivity index is 1.81. The first-order valence-corrected chi connectivity index (χ1v) is 9.12. The number of rotatable bonds is 2. The van der Waals surface area contributed by atoms with Crippen LogP contribution in [0.25, 0.3) is 22.0 Å². The molecular weight excluding hydrogens is 383 g/mol. The number of aromatic nitrogens is 1. The van der Waals surface area contributed by atoms with Crippen molar-refractivity contribution in [1.29, 1.82) is 0 Å². The van der Waals surface area contributed by atoms with Crippen molar-refractivity contribution in [2.75, 3.05) is 25.0 Å². The maximum Gasteiger partial charge on any atom is 0.417 e. The molecule has 29 heavy (non-hydrogen) atoms. The lowest BCUT2D eigenvalue weighted by molar-refractivity contribution is -0.137. The highest BCUT2D eigenvalue weighted by Gasteiger charge is 2.33. The molecule has 1 N–H and O–H groups in total. The van der Waals surface area contributed by atoms with Gasteiger partial charge in [0, 0.05) is 42.5 Å². The van der Waals surface area contributed by atoms with Crippen LogP contribution in [0.4, 0.5) is 23.7 Å².